The summed E-state index contributed by atoms with van der Waals surface area (Å²) in [6.45, 7) is 2.57. The fourth-order valence-electron chi connectivity index (χ4n) is 1.98. The molecule has 0 saturated heterocycles. The number of carbonyl (C=O) groups is 1. The number of nitriles is 1. The molecule has 0 aliphatic carbocycles. The molecule has 0 radical (unpaired) electrons. The molecular weight excluding hydrogens is 359 g/mol. The normalized spacial score (nSPS) is 10.9. The summed E-state index contributed by atoms with van der Waals surface area (Å²) in [5.74, 6) is 0.0667. The minimum Gasteiger partial charge on any atom is -0.492 e. The molecule has 1 amide bonds. The smallest absolute Gasteiger partial charge is 0.266 e. The van der Waals surface area contributed by atoms with E-state index in [9.17, 15) is 10.1 Å². The Bertz CT molecular complexity index is 824. The number of anilines is 1. The van der Waals surface area contributed by atoms with Crippen LogP contribution in [0.4, 0.5) is 5.69 Å². The van der Waals surface area contributed by atoms with Crippen molar-refractivity contribution < 1.29 is 9.53 Å². The third-order valence-electron chi connectivity index (χ3n) is 3.20. The maximum atomic E-state index is 12.2. The van der Waals surface area contributed by atoms with Crippen LogP contribution >= 0.6 is 23.2 Å². The predicted octanol–water partition coefficient (Wildman–Crippen LogP) is 5.33. The molecule has 25 heavy (non-hydrogen) atoms. The molecule has 2 aromatic rings. The highest BCUT2D eigenvalue weighted by atomic mass is 35.5. The van der Waals surface area contributed by atoms with Crippen molar-refractivity contribution >= 4 is 40.9 Å². The Hall–Kier alpha value is -2.48. The number of hydrogen-bond acceptors (Lipinski definition) is 3. The average Bonchev–Trinajstić information content (AvgIpc) is 2.60. The number of rotatable bonds is 6. The minimum absolute atomic E-state index is 0.0340. The lowest BCUT2D eigenvalue weighted by atomic mass is 10.1. The fourth-order valence-corrected chi connectivity index (χ4v) is 2.35. The number of nitrogens with one attached hydrogen (secondary N) is 1. The summed E-state index contributed by atoms with van der Waals surface area (Å²) in [5, 5.41) is 12.9. The molecule has 0 unspecified atom stereocenters. The van der Waals surface area contributed by atoms with Crippen molar-refractivity contribution in [3.05, 3.63) is 63.6 Å². The zero-order valence-electron chi connectivity index (χ0n) is 13.6. The third-order valence-corrected chi connectivity index (χ3v) is 3.74. The lowest BCUT2D eigenvalue weighted by Crippen LogP contribution is -2.13. The van der Waals surface area contributed by atoms with Crippen LogP contribution < -0.4 is 10.1 Å². The van der Waals surface area contributed by atoms with E-state index in [-0.39, 0.29) is 5.57 Å². The first-order chi connectivity index (χ1) is 12.0. The van der Waals surface area contributed by atoms with Gasteiger partial charge in [-0.3, -0.25) is 4.79 Å². The van der Waals surface area contributed by atoms with Crippen molar-refractivity contribution in [3.8, 4) is 11.8 Å². The van der Waals surface area contributed by atoms with E-state index in [1.807, 2.05) is 13.0 Å². The van der Waals surface area contributed by atoms with E-state index in [1.54, 1.807) is 42.5 Å². The van der Waals surface area contributed by atoms with E-state index in [4.69, 9.17) is 27.9 Å². The number of halogens is 2. The summed E-state index contributed by atoms with van der Waals surface area (Å²) >= 11 is 12.0. The number of nitrogens with zero attached hydrogens (tertiary/aromatic N) is 1. The van der Waals surface area contributed by atoms with Gasteiger partial charge in [-0.25, -0.2) is 0 Å². The SMILES string of the molecule is CCCOc1ccc(/C=C(\C#N)C(=O)Nc2ccc(Cl)cc2)cc1Cl. The standard InChI is InChI=1S/C19H16Cl2N2O2/c1-2-9-25-18-8-3-13(11-17(18)21)10-14(12-22)19(24)23-16-6-4-15(20)5-7-16/h3-8,10-11H,2,9H2,1H3,(H,23,24)/b14-10+. The van der Waals surface area contributed by atoms with Gasteiger partial charge < -0.3 is 10.1 Å². The topological polar surface area (TPSA) is 62.1 Å². The second-order valence-corrected chi connectivity index (χ2v) is 6.01. The average molecular weight is 375 g/mol. The quantitative estimate of drug-likeness (QED) is 0.549. The zero-order chi connectivity index (χ0) is 18.2. The molecule has 1 N–H and O–H groups in total. The number of hydrogen-bond donors (Lipinski definition) is 1. The van der Waals surface area contributed by atoms with Gasteiger partial charge in [0.15, 0.2) is 0 Å². The van der Waals surface area contributed by atoms with Crippen LogP contribution in [0, 0.1) is 11.3 Å². The van der Waals surface area contributed by atoms with Crippen molar-refractivity contribution in [2.45, 2.75) is 13.3 Å². The van der Waals surface area contributed by atoms with Crippen LogP contribution in [0.1, 0.15) is 18.9 Å². The molecule has 0 bridgehead atoms. The highest BCUT2D eigenvalue weighted by Crippen LogP contribution is 2.26. The Kier molecular flexibility index (Phi) is 6.88. The highest BCUT2D eigenvalue weighted by Gasteiger charge is 2.10. The maximum absolute atomic E-state index is 12.2. The number of ether oxygens (including phenoxy) is 1. The molecule has 0 fully saturated rings. The molecule has 2 rings (SSSR count). The summed E-state index contributed by atoms with van der Waals surface area (Å²) in [5.41, 5.74) is 1.15. The molecule has 4 nitrogen and oxygen atoms in total. The molecule has 0 spiro atoms. The van der Waals surface area contributed by atoms with E-state index in [1.165, 1.54) is 6.08 Å². The van der Waals surface area contributed by atoms with E-state index < -0.39 is 5.91 Å². The third kappa shape index (κ3) is 5.53. The van der Waals surface area contributed by atoms with Gasteiger partial charge in [-0.2, -0.15) is 5.26 Å². The Morgan fingerprint density at radius 2 is 1.96 bits per heavy atom. The molecule has 0 saturated carbocycles. The fraction of sp³-hybridized carbons (Fsp3) is 0.158. The van der Waals surface area contributed by atoms with Crippen molar-refractivity contribution in [1.82, 2.24) is 0 Å². The zero-order valence-corrected chi connectivity index (χ0v) is 15.1. The monoisotopic (exact) mass is 374 g/mol. The summed E-state index contributed by atoms with van der Waals surface area (Å²) in [7, 11) is 0. The van der Waals surface area contributed by atoms with Crippen molar-refractivity contribution in [1.29, 1.82) is 5.26 Å². The maximum Gasteiger partial charge on any atom is 0.266 e. The molecule has 0 aromatic heterocycles. The molecule has 128 valence electrons. The van der Waals surface area contributed by atoms with Crippen molar-refractivity contribution in [2.24, 2.45) is 0 Å². The van der Waals surface area contributed by atoms with Gasteiger partial charge in [0.05, 0.1) is 11.6 Å². The van der Waals surface area contributed by atoms with Gasteiger partial charge in [-0.1, -0.05) is 36.2 Å². The van der Waals surface area contributed by atoms with E-state index >= 15 is 0 Å². The second-order valence-electron chi connectivity index (χ2n) is 5.17. The van der Waals surface area contributed by atoms with Gasteiger partial charge in [0.1, 0.15) is 17.4 Å². The van der Waals surface area contributed by atoms with Crippen LogP contribution in [0.15, 0.2) is 48.0 Å². The molecule has 0 heterocycles. The van der Waals surface area contributed by atoms with Gasteiger partial charge in [0, 0.05) is 10.7 Å². The van der Waals surface area contributed by atoms with Crippen LogP contribution in [-0.2, 0) is 4.79 Å². The van der Waals surface area contributed by atoms with E-state index in [0.29, 0.717) is 33.7 Å². The molecule has 6 heteroatoms. The van der Waals surface area contributed by atoms with Gasteiger partial charge in [-0.05, 0) is 54.5 Å². The first-order valence-electron chi connectivity index (χ1n) is 7.64. The predicted molar refractivity (Wildman–Crippen MR) is 101 cm³/mol. The molecular formula is C19H16Cl2N2O2. The molecule has 2 aromatic carbocycles. The number of carbonyl (C=O) groups excluding carboxylic acids is 1. The lowest BCUT2D eigenvalue weighted by molar-refractivity contribution is -0.112. The lowest BCUT2D eigenvalue weighted by Gasteiger charge is -2.08. The Morgan fingerprint density at radius 1 is 1.24 bits per heavy atom. The van der Waals surface area contributed by atoms with Crippen molar-refractivity contribution in [3.63, 3.8) is 0 Å². The van der Waals surface area contributed by atoms with E-state index in [2.05, 4.69) is 5.32 Å². The second kappa shape index (κ2) is 9.12. The Labute approximate surface area is 156 Å². The first kappa shape index (κ1) is 18.9. The van der Waals surface area contributed by atoms with Crippen LogP contribution in [0.2, 0.25) is 10.0 Å². The van der Waals surface area contributed by atoms with Crippen LogP contribution in [0.5, 0.6) is 5.75 Å². The minimum atomic E-state index is -0.507. The number of benzene rings is 2. The van der Waals surface area contributed by atoms with Crippen LogP contribution in [-0.4, -0.2) is 12.5 Å². The Balaban J connectivity index is 2.16. The summed E-state index contributed by atoms with van der Waals surface area (Å²) < 4.78 is 5.50. The molecule has 0 atom stereocenters. The molecule has 0 aliphatic heterocycles. The van der Waals surface area contributed by atoms with Gasteiger partial charge in [-0.15, -0.1) is 0 Å². The van der Waals surface area contributed by atoms with E-state index in [0.717, 1.165) is 6.42 Å². The van der Waals surface area contributed by atoms with Gasteiger partial charge in [0.2, 0.25) is 0 Å². The largest absolute Gasteiger partial charge is 0.492 e. The summed E-state index contributed by atoms with van der Waals surface area (Å²) in [6.07, 6.45) is 2.35. The summed E-state index contributed by atoms with van der Waals surface area (Å²) in [6, 6.07) is 13.6. The van der Waals surface area contributed by atoms with Gasteiger partial charge >= 0.3 is 0 Å². The highest BCUT2D eigenvalue weighted by molar-refractivity contribution is 6.32. The van der Waals surface area contributed by atoms with Gasteiger partial charge in [0.25, 0.3) is 5.91 Å². The van der Waals surface area contributed by atoms with Crippen LogP contribution in [0.3, 0.4) is 0 Å². The van der Waals surface area contributed by atoms with Crippen LogP contribution in [0.25, 0.3) is 6.08 Å². The number of amides is 1. The summed E-state index contributed by atoms with van der Waals surface area (Å²) in [4.78, 5) is 12.2. The first-order valence-corrected chi connectivity index (χ1v) is 8.40. The Morgan fingerprint density at radius 3 is 2.56 bits per heavy atom. The molecule has 0 aliphatic rings. The van der Waals surface area contributed by atoms with Crippen molar-refractivity contribution in [2.75, 3.05) is 11.9 Å².